The van der Waals surface area contributed by atoms with Crippen molar-refractivity contribution in [2.45, 2.75) is 6.92 Å². The van der Waals surface area contributed by atoms with Crippen molar-refractivity contribution in [3.63, 3.8) is 0 Å². The first kappa shape index (κ1) is 11.5. The van der Waals surface area contributed by atoms with Crippen LogP contribution in [0.2, 0.25) is 5.02 Å². The maximum atomic E-state index is 11.5. The summed E-state index contributed by atoms with van der Waals surface area (Å²) in [7, 11) is 0. The number of H-pyrrole nitrogens is 1. The van der Waals surface area contributed by atoms with Crippen LogP contribution in [0.3, 0.4) is 0 Å². The van der Waals surface area contributed by atoms with Crippen LogP contribution in [0.25, 0.3) is 5.69 Å². The number of ketones is 1. The van der Waals surface area contributed by atoms with E-state index in [2.05, 4.69) is 5.10 Å². The Labute approximate surface area is 101 Å². The summed E-state index contributed by atoms with van der Waals surface area (Å²) in [6.45, 7) is 1.21. The highest BCUT2D eigenvalue weighted by Gasteiger charge is 2.19. The number of Topliss-reactive ketones (excluding diaryl/α,β-unsaturated/α-hetero) is 1. The lowest BCUT2D eigenvalue weighted by atomic mass is 10.2. The SMILES string of the molecule is CC(=O)c1c(O)n(-c2ccccc2Cl)[nH]c1=O. The third-order valence-corrected chi connectivity index (χ3v) is 2.64. The maximum absolute atomic E-state index is 11.5. The van der Waals surface area contributed by atoms with E-state index in [9.17, 15) is 14.7 Å². The van der Waals surface area contributed by atoms with Gasteiger partial charge in [-0.25, -0.2) is 4.68 Å². The molecular formula is C11H9ClN2O3. The lowest BCUT2D eigenvalue weighted by Crippen LogP contribution is -2.10. The van der Waals surface area contributed by atoms with Crippen LogP contribution in [0.1, 0.15) is 17.3 Å². The minimum Gasteiger partial charge on any atom is -0.493 e. The Bertz CT molecular complexity index is 642. The predicted molar refractivity (Wildman–Crippen MR) is 63.1 cm³/mol. The van der Waals surface area contributed by atoms with Crippen LogP contribution in [0.15, 0.2) is 29.1 Å². The molecule has 0 spiro atoms. The van der Waals surface area contributed by atoms with Crippen LogP contribution >= 0.6 is 11.6 Å². The molecule has 1 aromatic carbocycles. The molecule has 0 aliphatic carbocycles. The highest BCUT2D eigenvalue weighted by Crippen LogP contribution is 2.24. The van der Waals surface area contributed by atoms with Crippen LogP contribution in [-0.2, 0) is 0 Å². The van der Waals surface area contributed by atoms with Gasteiger partial charge in [0, 0.05) is 0 Å². The number of para-hydroxylation sites is 1. The van der Waals surface area contributed by atoms with E-state index in [1.807, 2.05) is 0 Å². The average molecular weight is 253 g/mol. The third kappa shape index (κ3) is 1.85. The van der Waals surface area contributed by atoms with Gasteiger partial charge in [0.25, 0.3) is 5.56 Å². The number of rotatable bonds is 2. The first-order valence-electron chi connectivity index (χ1n) is 4.82. The minimum atomic E-state index is -0.644. The van der Waals surface area contributed by atoms with E-state index < -0.39 is 17.2 Å². The second-order valence-corrected chi connectivity index (χ2v) is 3.89. The fourth-order valence-electron chi connectivity index (χ4n) is 1.55. The number of aromatic amines is 1. The van der Waals surface area contributed by atoms with Gasteiger partial charge >= 0.3 is 0 Å². The molecule has 0 unspecified atom stereocenters. The van der Waals surface area contributed by atoms with Crippen molar-refractivity contribution in [1.29, 1.82) is 0 Å². The van der Waals surface area contributed by atoms with Crippen LogP contribution in [-0.4, -0.2) is 20.7 Å². The van der Waals surface area contributed by atoms with Gasteiger partial charge in [-0.1, -0.05) is 23.7 Å². The van der Waals surface area contributed by atoms with E-state index in [4.69, 9.17) is 11.6 Å². The number of aromatic hydroxyl groups is 1. The Morgan fingerprint density at radius 2 is 2.06 bits per heavy atom. The second-order valence-electron chi connectivity index (χ2n) is 3.48. The number of hydrogen-bond donors (Lipinski definition) is 2. The highest BCUT2D eigenvalue weighted by molar-refractivity contribution is 6.32. The molecule has 0 saturated carbocycles. The van der Waals surface area contributed by atoms with Gasteiger partial charge in [0.1, 0.15) is 5.56 Å². The molecule has 0 atom stereocenters. The number of hydrogen-bond acceptors (Lipinski definition) is 3. The fourth-order valence-corrected chi connectivity index (χ4v) is 1.77. The monoisotopic (exact) mass is 252 g/mol. The summed E-state index contributed by atoms with van der Waals surface area (Å²) in [5, 5.41) is 12.5. The largest absolute Gasteiger partial charge is 0.493 e. The number of nitrogens with one attached hydrogen (secondary N) is 1. The first-order valence-corrected chi connectivity index (χ1v) is 5.20. The van der Waals surface area contributed by atoms with Gasteiger partial charge in [-0.2, -0.15) is 0 Å². The van der Waals surface area contributed by atoms with Crippen LogP contribution < -0.4 is 5.56 Å². The average Bonchev–Trinajstić information content (AvgIpc) is 2.55. The molecule has 1 heterocycles. The summed E-state index contributed by atoms with van der Waals surface area (Å²) in [6, 6.07) is 6.65. The summed E-state index contributed by atoms with van der Waals surface area (Å²) < 4.78 is 1.08. The zero-order chi connectivity index (χ0) is 12.6. The fraction of sp³-hybridized carbons (Fsp3) is 0.0909. The third-order valence-electron chi connectivity index (χ3n) is 2.32. The smallest absolute Gasteiger partial charge is 0.279 e. The molecule has 1 aromatic heterocycles. The molecule has 88 valence electrons. The van der Waals surface area contributed by atoms with E-state index in [1.165, 1.54) is 6.92 Å². The molecule has 17 heavy (non-hydrogen) atoms. The van der Waals surface area contributed by atoms with Crippen LogP contribution in [0, 0.1) is 0 Å². The Morgan fingerprint density at radius 1 is 1.41 bits per heavy atom. The molecule has 0 radical (unpaired) electrons. The van der Waals surface area contributed by atoms with Gasteiger partial charge in [0.05, 0.1) is 10.7 Å². The molecular weight excluding hydrogens is 244 g/mol. The van der Waals surface area contributed by atoms with Gasteiger partial charge in [0.2, 0.25) is 5.88 Å². The quantitative estimate of drug-likeness (QED) is 0.800. The lowest BCUT2D eigenvalue weighted by molar-refractivity contribution is 0.101. The van der Waals surface area contributed by atoms with E-state index in [-0.39, 0.29) is 5.56 Å². The number of carbonyl (C=O) groups excluding carboxylic acids is 1. The minimum absolute atomic E-state index is 0.273. The zero-order valence-corrected chi connectivity index (χ0v) is 9.65. The second kappa shape index (κ2) is 4.10. The molecule has 0 amide bonds. The van der Waals surface area contributed by atoms with Crippen molar-refractivity contribution in [1.82, 2.24) is 9.78 Å². The number of carbonyl (C=O) groups is 1. The van der Waals surface area contributed by atoms with Crippen molar-refractivity contribution in [3.8, 4) is 11.6 Å². The Morgan fingerprint density at radius 3 is 2.59 bits per heavy atom. The Balaban J connectivity index is 2.71. The lowest BCUT2D eigenvalue weighted by Gasteiger charge is -2.05. The number of aromatic nitrogens is 2. The van der Waals surface area contributed by atoms with Crippen molar-refractivity contribution in [3.05, 3.63) is 45.2 Å². The van der Waals surface area contributed by atoms with Crippen LogP contribution in [0.4, 0.5) is 0 Å². The van der Waals surface area contributed by atoms with Crippen molar-refractivity contribution in [2.24, 2.45) is 0 Å². The molecule has 2 aromatic rings. The highest BCUT2D eigenvalue weighted by atomic mass is 35.5. The molecule has 0 saturated heterocycles. The summed E-state index contributed by atoms with van der Waals surface area (Å²) in [6.07, 6.45) is 0. The van der Waals surface area contributed by atoms with Gasteiger partial charge in [-0.15, -0.1) is 0 Å². The molecule has 0 bridgehead atoms. The van der Waals surface area contributed by atoms with Gasteiger partial charge in [0.15, 0.2) is 5.78 Å². The van der Waals surface area contributed by atoms with Gasteiger partial charge in [-0.3, -0.25) is 14.7 Å². The van der Waals surface area contributed by atoms with E-state index in [1.54, 1.807) is 24.3 Å². The van der Waals surface area contributed by atoms with E-state index in [0.29, 0.717) is 10.7 Å². The molecule has 5 nitrogen and oxygen atoms in total. The summed E-state index contributed by atoms with van der Waals surface area (Å²) in [4.78, 5) is 22.7. The summed E-state index contributed by atoms with van der Waals surface area (Å²) in [5.74, 6) is -0.940. The van der Waals surface area contributed by atoms with E-state index >= 15 is 0 Å². The standard InChI is InChI=1S/C11H9ClN2O3/c1-6(15)9-10(16)13-14(11(9)17)8-5-3-2-4-7(8)12/h2-5,17H,1H3,(H,13,16). The van der Waals surface area contributed by atoms with Gasteiger partial charge < -0.3 is 5.11 Å². The number of benzene rings is 1. The molecule has 0 aliphatic rings. The summed E-state index contributed by atoms with van der Waals surface area (Å²) >= 11 is 5.93. The Kier molecular flexibility index (Phi) is 2.77. The zero-order valence-electron chi connectivity index (χ0n) is 8.90. The molecule has 2 N–H and O–H groups in total. The predicted octanol–water partition coefficient (Wildman–Crippen LogP) is 1.73. The Hall–Kier alpha value is -2.01. The van der Waals surface area contributed by atoms with E-state index in [0.717, 1.165) is 4.68 Å². The van der Waals surface area contributed by atoms with Crippen molar-refractivity contribution in [2.75, 3.05) is 0 Å². The maximum Gasteiger partial charge on any atom is 0.279 e. The van der Waals surface area contributed by atoms with Crippen molar-refractivity contribution < 1.29 is 9.90 Å². The molecule has 2 rings (SSSR count). The number of nitrogens with zero attached hydrogens (tertiary/aromatic N) is 1. The van der Waals surface area contributed by atoms with Crippen LogP contribution in [0.5, 0.6) is 5.88 Å². The molecule has 0 aliphatic heterocycles. The van der Waals surface area contributed by atoms with Gasteiger partial charge in [-0.05, 0) is 19.1 Å². The topological polar surface area (TPSA) is 75.1 Å². The molecule has 6 heteroatoms. The normalized spacial score (nSPS) is 10.5. The first-order chi connectivity index (χ1) is 8.02. The number of halogens is 1. The summed E-state index contributed by atoms with van der Waals surface area (Å²) in [5.41, 5.74) is -0.517. The molecule has 0 fully saturated rings. The van der Waals surface area contributed by atoms with Crippen molar-refractivity contribution >= 4 is 17.4 Å².